The smallest absolute Gasteiger partial charge is 0.356 e. The lowest BCUT2D eigenvalue weighted by atomic mass is 9.86. The molecule has 1 saturated heterocycles. The number of hydrogen-bond donors (Lipinski definition) is 1. The molecule has 29 heavy (non-hydrogen) atoms. The maximum Gasteiger partial charge on any atom is 0.356 e. The highest BCUT2D eigenvalue weighted by Gasteiger charge is 2.29. The molecule has 1 N–H and O–H groups in total. The van der Waals surface area contributed by atoms with Crippen LogP contribution in [0.25, 0.3) is 0 Å². The average Bonchev–Trinajstić information content (AvgIpc) is 3.24. The first-order chi connectivity index (χ1) is 13.9. The third kappa shape index (κ3) is 4.32. The number of nitriles is 1. The van der Waals surface area contributed by atoms with Crippen molar-refractivity contribution in [1.82, 2.24) is 15.1 Å². The molecule has 0 bridgehead atoms. The molecule has 3 rings (SSSR count). The number of ether oxygens (including phenoxy) is 1. The van der Waals surface area contributed by atoms with E-state index in [9.17, 15) is 14.9 Å². The number of aromatic amines is 1. The highest BCUT2D eigenvalue weighted by molar-refractivity contribution is 5.94. The van der Waals surface area contributed by atoms with Crippen LogP contribution in [-0.4, -0.2) is 46.7 Å². The zero-order valence-electron chi connectivity index (χ0n) is 17.1. The van der Waals surface area contributed by atoms with E-state index in [2.05, 4.69) is 16.3 Å². The van der Waals surface area contributed by atoms with Crippen LogP contribution < -0.4 is 0 Å². The summed E-state index contributed by atoms with van der Waals surface area (Å²) in [6.45, 7) is 7.02. The van der Waals surface area contributed by atoms with E-state index in [0.717, 1.165) is 24.0 Å². The Kier molecular flexibility index (Phi) is 6.02. The number of aromatic nitrogens is 2. The molecular formula is C22H26N4O3. The van der Waals surface area contributed by atoms with Gasteiger partial charge >= 0.3 is 5.97 Å². The van der Waals surface area contributed by atoms with E-state index in [0.29, 0.717) is 31.0 Å². The number of esters is 1. The fourth-order valence-corrected chi connectivity index (χ4v) is 3.64. The molecule has 0 radical (unpaired) electrons. The maximum atomic E-state index is 12.9. The topological polar surface area (TPSA) is 99.1 Å². The van der Waals surface area contributed by atoms with Crippen molar-refractivity contribution in [1.29, 1.82) is 5.26 Å². The Morgan fingerprint density at radius 3 is 2.52 bits per heavy atom. The van der Waals surface area contributed by atoms with E-state index < -0.39 is 5.41 Å². The van der Waals surface area contributed by atoms with E-state index >= 15 is 0 Å². The number of rotatable bonds is 5. The molecule has 1 fully saturated rings. The van der Waals surface area contributed by atoms with Crippen molar-refractivity contribution in [2.45, 2.75) is 44.9 Å². The number of H-pyrrole nitrogens is 1. The molecule has 0 aliphatic carbocycles. The second-order valence-electron chi connectivity index (χ2n) is 7.80. The Bertz CT molecular complexity index is 916. The van der Waals surface area contributed by atoms with E-state index in [1.165, 1.54) is 0 Å². The van der Waals surface area contributed by atoms with Gasteiger partial charge in [0.15, 0.2) is 0 Å². The largest absolute Gasteiger partial charge is 0.461 e. The highest BCUT2D eigenvalue weighted by atomic mass is 16.5. The molecule has 1 aromatic carbocycles. The average molecular weight is 394 g/mol. The van der Waals surface area contributed by atoms with Crippen molar-refractivity contribution in [3.63, 3.8) is 0 Å². The molecule has 152 valence electrons. The minimum Gasteiger partial charge on any atom is -0.461 e. The number of benzene rings is 1. The van der Waals surface area contributed by atoms with Crippen molar-refractivity contribution in [2.24, 2.45) is 0 Å². The van der Waals surface area contributed by atoms with Crippen LogP contribution in [0.2, 0.25) is 0 Å². The molecule has 0 atom stereocenters. The molecule has 0 unspecified atom stereocenters. The van der Waals surface area contributed by atoms with Gasteiger partial charge in [-0.25, -0.2) is 4.79 Å². The molecule has 1 amide bonds. The lowest BCUT2D eigenvalue weighted by Crippen LogP contribution is -2.38. The number of nitrogens with zero attached hydrogens (tertiary/aromatic N) is 3. The number of likely N-dealkylation sites (tertiary alicyclic amines) is 1. The summed E-state index contributed by atoms with van der Waals surface area (Å²) in [4.78, 5) is 26.8. The van der Waals surface area contributed by atoms with Gasteiger partial charge in [0.05, 0.1) is 24.3 Å². The number of amides is 1. The summed E-state index contributed by atoms with van der Waals surface area (Å²) in [6, 6.07) is 9.55. The lowest BCUT2D eigenvalue weighted by molar-refractivity contribution is 0.0515. The SMILES string of the molecule is CCOC(=O)c1[nH]ncc1C1CCN(C(=O)c2ccc(C(C)(C)C#N)cc2)CC1. The predicted octanol–water partition coefficient (Wildman–Crippen LogP) is 3.41. The number of carbonyl (C=O) groups excluding carboxylic acids is 2. The van der Waals surface area contributed by atoms with E-state index in [-0.39, 0.29) is 17.8 Å². The summed E-state index contributed by atoms with van der Waals surface area (Å²) in [5.74, 6) is -0.238. The second kappa shape index (κ2) is 8.48. The van der Waals surface area contributed by atoms with Crippen LogP contribution in [0, 0.1) is 11.3 Å². The standard InChI is InChI=1S/C22H26N4O3/c1-4-29-21(28)19-18(13-24-25-19)15-9-11-26(12-10-15)20(27)16-5-7-17(8-6-16)22(2,3)14-23/h5-8,13,15H,4,9-12H2,1-3H3,(H,24,25). The van der Waals surface area contributed by atoms with Gasteiger partial charge in [-0.2, -0.15) is 10.4 Å². The second-order valence-corrected chi connectivity index (χ2v) is 7.80. The van der Waals surface area contributed by atoms with E-state index in [1.54, 1.807) is 25.3 Å². The first-order valence-corrected chi connectivity index (χ1v) is 9.88. The monoisotopic (exact) mass is 394 g/mol. The number of hydrogen-bond acceptors (Lipinski definition) is 5. The highest BCUT2D eigenvalue weighted by Crippen LogP contribution is 2.31. The molecule has 0 spiro atoms. The zero-order chi connectivity index (χ0) is 21.0. The van der Waals surface area contributed by atoms with Crippen molar-refractivity contribution in [2.75, 3.05) is 19.7 Å². The fourth-order valence-electron chi connectivity index (χ4n) is 3.64. The molecule has 2 aromatic rings. The molecule has 1 aliphatic rings. The van der Waals surface area contributed by atoms with Gasteiger partial charge in [-0.1, -0.05) is 12.1 Å². The summed E-state index contributed by atoms with van der Waals surface area (Å²) >= 11 is 0. The van der Waals surface area contributed by atoms with E-state index in [4.69, 9.17) is 4.74 Å². The molecule has 1 aromatic heterocycles. The normalized spacial score (nSPS) is 15.0. The number of carbonyl (C=O) groups is 2. The minimum atomic E-state index is -0.582. The lowest BCUT2D eigenvalue weighted by Gasteiger charge is -2.32. The van der Waals surface area contributed by atoms with Gasteiger partial charge in [-0.15, -0.1) is 0 Å². The molecular weight excluding hydrogens is 368 g/mol. The first kappa shape index (κ1) is 20.6. The first-order valence-electron chi connectivity index (χ1n) is 9.88. The van der Waals surface area contributed by atoms with Crippen LogP contribution in [0.3, 0.4) is 0 Å². The van der Waals surface area contributed by atoms with Gasteiger partial charge in [0.1, 0.15) is 5.69 Å². The van der Waals surface area contributed by atoms with Gasteiger partial charge in [0.25, 0.3) is 5.91 Å². The van der Waals surface area contributed by atoms with Crippen LogP contribution in [0.4, 0.5) is 0 Å². The van der Waals surface area contributed by atoms with Crippen molar-refractivity contribution in [3.05, 3.63) is 52.8 Å². The number of piperidine rings is 1. The van der Waals surface area contributed by atoms with Crippen molar-refractivity contribution in [3.8, 4) is 6.07 Å². The van der Waals surface area contributed by atoms with Crippen LogP contribution in [-0.2, 0) is 10.2 Å². The van der Waals surface area contributed by atoms with Gasteiger partial charge in [0, 0.05) is 24.2 Å². The number of nitrogens with one attached hydrogen (secondary N) is 1. The quantitative estimate of drug-likeness (QED) is 0.784. The molecule has 0 saturated carbocycles. The Hall–Kier alpha value is -3.14. The van der Waals surface area contributed by atoms with Crippen molar-refractivity contribution >= 4 is 11.9 Å². The fraction of sp³-hybridized carbons (Fsp3) is 0.455. The Balaban J connectivity index is 1.64. The molecule has 1 aliphatic heterocycles. The van der Waals surface area contributed by atoms with Crippen LogP contribution in [0.15, 0.2) is 30.5 Å². The summed E-state index contributed by atoms with van der Waals surface area (Å²) < 4.78 is 5.08. The third-order valence-corrected chi connectivity index (χ3v) is 5.50. The van der Waals surface area contributed by atoms with Gasteiger partial charge in [-0.05, 0) is 57.2 Å². The van der Waals surface area contributed by atoms with Gasteiger partial charge in [-0.3, -0.25) is 9.89 Å². The minimum absolute atomic E-state index is 0.0115. The van der Waals surface area contributed by atoms with Gasteiger partial charge in [0.2, 0.25) is 0 Å². The van der Waals surface area contributed by atoms with Gasteiger partial charge < -0.3 is 9.64 Å². The summed E-state index contributed by atoms with van der Waals surface area (Å²) in [5.41, 5.74) is 2.20. The Morgan fingerprint density at radius 1 is 1.28 bits per heavy atom. The van der Waals surface area contributed by atoms with Crippen LogP contribution in [0.1, 0.15) is 71.5 Å². The van der Waals surface area contributed by atoms with Crippen LogP contribution in [0.5, 0.6) is 0 Å². The summed E-state index contributed by atoms with van der Waals surface area (Å²) in [5, 5.41) is 16.0. The Morgan fingerprint density at radius 2 is 1.93 bits per heavy atom. The zero-order valence-corrected chi connectivity index (χ0v) is 17.1. The summed E-state index contributed by atoms with van der Waals surface area (Å²) in [7, 11) is 0. The third-order valence-electron chi connectivity index (χ3n) is 5.50. The van der Waals surface area contributed by atoms with E-state index in [1.807, 2.05) is 30.9 Å². The molecule has 7 heteroatoms. The molecule has 7 nitrogen and oxygen atoms in total. The van der Waals surface area contributed by atoms with Crippen molar-refractivity contribution < 1.29 is 14.3 Å². The Labute approximate surface area is 170 Å². The molecule has 2 heterocycles. The van der Waals surface area contributed by atoms with Crippen LogP contribution >= 0.6 is 0 Å². The summed E-state index contributed by atoms with van der Waals surface area (Å²) in [6.07, 6.45) is 3.21. The predicted molar refractivity (Wildman–Crippen MR) is 108 cm³/mol. The maximum absolute atomic E-state index is 12.9.